The largest absolute Gasteiger partial charge is 0.478 e. The zero-order chi connectivity index (χ0) is 25.4. The maximum Gasteiger partial charge on any atom is 0.416 e. The number of hydrogen-bond acceptors (Lipinski definition) is 2. The molecule has 1 fully saturated rings. The van der Waals surface area contributed by atoms with Gasteiger partial charge in [-0.15, -0.1) is 12.4 Å². The van der Waals surface area contributed by atoms with Crippen LogP contribution in [0.1, 0.15) is 45.8 Å². The zero-order valence-electron chi connectivity index (χ0n) is 20.2. The van der Waals surface area contributed by atoms with E-state index in [1.54, 1.807) is 13.0 Å². The van der Waals surface area contributed by atoms with Crippen LogP contribution in [0.5, 0.6) is 0 Å². The lowest BCUT2D eigenvalue weighted by atomic mass is 9.87. The maximum absolute atomic E-state index is 13.0. The molecule has 0 radical (unpaired) electrons. The molecule has 37 heavy (non-hydrogen) atoms. The Balaban J connectivity index is 0.00000320. The molecule has 0 saturated carbocycles. The SMILES string of the molecule is Cc1c(C(=O)O)cc(-c2ccc(C3CCNCC3)cc2)c2ccc(-c3ccc(C(F)(F)F)cc3)cc12.Cl. The Kier molecular flexibility index (Phi) is 7.62. The van der Waals surface area contributed by atoms with E-state index in [-0.39, 0.29) is 18.0 Å². The van der Waals surface area contributed by atoms with Crippen LogP contribution in [-0.4, -0.2) is 24.2 Å². The van der Waals surface area contributed by atoms with Gasteiger partial charge in [-0.25, -0.2) is 4.79 Å². The van der Waals surface area contributed by atoms with E-state index < -0.39 is 17.7 Å². The molecule has 5 rings (SSSR count). The van der Waals surface area contributed by atoms with Crippen molar-refractivity contribution in [1.29, 1.82) is 0 Å². The number of nitrogens with one attached hydrogen (secondary N) is 1. The summed E-state index contributed by atoms with van der Waals surface area (Å²) in [7, 11) is 0. The Morgan fingerprint density at radius 2 is 1.43 bits per heavy atom. The second kappa shape index (κ2) is 10.6. The Morgan fingerprint density at radius 3 is 2.03 bits per heavy atom. The number of fused-ring (bicyclic) bond motifs is 1. The molecule has 0 bridgehead atoms. The van der Waals surface area contributed by atoms with Crippen molar-refractivity contribution in [3.05, 3.63) is 95.1 Å². The van der Waals surface area contributed by atoms with Crippen LogP contribution >= 0.6 is 12.4 Å². The van der Waals surface area contributed by atoms with Crippen molar-refractivity contribution >= 4 is 29.1 Å². The van der Waals surface area contributed by atoms with Gasteiger partial charge in [0.2, 0.25) is 0 Å². The number of halogens is 4. The van der Waals surface area contributed by atoms with Gasteiger partial charge in [0.05, 0.1) is 11.1 Å². The summed E-state index contributed by atoms with van der Waals surface area (Å²) in [5.41, 5.74) is 4.55. The summed E-state index contributed by atoms with van der Waals surface area (Å²) >= 11 is 0. The number of benzene rings is 4. The van der Waals surface area contributed by atoms with E-state index in [2.05, 4.69) is 29.6 Å². The summed E-state index contributed by atoms with van der Waals surface area (Å²) in [6.07, 6.45) is -2.20. The highest BCUT2D eigenvalue weighted by Crippen LogP contribution is 2.37. The van der Waals surface area contributed by atoms with E-state index in [1.165, 1.54) is 17.7 Å². The fraction of sp³-hybridized carbons (Fsp3) is 0.233. The topological polar surface area (TPSA) is 49.3 Å². The molecule has 1 saturated heterocycles. The van der Waals surface area contributed by atoms with Gasteiger partial charge in [-0.05, 0) is 107 Å². The van der Waals surface area contributed by atoms with Crippen LogP contribution in [0.3, 0.4) is 0 Å². The third-order valence-corrected chi connectivity index (χ3v) is 7.21. The minimum absolute atomic E-state index is 0. The van der Waals surface area contributed by atoms with Crippen LogP contribution in [0.4, 0.5) is 13.2 Å². The Labute approximate surface area is 219 Å². The van der Waals surface area contributed by atoms with E-state index in [0.717, 1.165) is 65.5 Å². The monoisotopic (exact) mass is 525 g/mol. The van der Waals surface area contributed by atoms with Crippen molar-refractivity contribution in [1.82, 2.24) is 5.32 Å². The second-order valence-electron chi connectivity index (χ2n) is 9.38. The average molecular weight is 526 g/mol. The number of carboxylic acid groups (broad SMARTS) is 1. The van der Waals surface area contributed by atoms with Crippen LogP contribution in [0.15, 0.2) is 72.8 Å². The zero-order valence-corrected chi connectivity index (χ0v) is 21.0. The number of aromatic carboxylic acids is 1. The van der Waals surface area contributed by atoms with Gasteiger partial charge < -0.3 is 10.4 Å². The van der Waals surface area contributed by atoms with Gasteiger partial charge in [0.1, 0.15) is 0 Å². The van der Waals surface area contributed by atoms with E-state index in [0.29, 0.717) is 17.0 Å². The Morgan fingerprint density at radius 1 is 0.838 bits per heavy atom. The first kappa shape index (κ1) is 26.7. The van der Waals surface area contributed by atoms with Gasteiger partial charge in [0, 0.05) is 0 Å². The van der Waals surface area contributed by atoms with E-state index in [9.17, 15) is 23.1 Å². The predicted octanol–water partition coefficient (Wildman–Crippen LogP) is 8.09. The molecule has 1 heterocycles. The first-order valence-corrected chi connectivity index (χ1v) is 12.0. The lowest BCUT2D eigenvalue weighted by Gasteiger charge is -2.23. The second-order valence-corrected chi connectivity index (χ2v) is 9.38. The van der Waals surface area contributed by atoms with Gasteiger partial charge in [0.15, 0.2) is 0 Å². The molecule has 2 N–H and O–H groups in total. The predicted molar refractivity (Wildman–Crippen MR) is 144 cm³/mol. The molecule has 0 aliphatic carbocycles. The minimum atomic E-state index is -4.40. The minimum Gasteiger partial charge on any atom is -0.478 e. The highest BCUT2D eigenvalue weighted by molar-refractivity contribution is 6.06. The lowest BCUT2D eigenvalue weighted by molar-refractivity contribution is -0.137. The number of rotatable bonds is 4. The van der Waals surface area contributed by atoms with Crippen LogP contribution in [0.25, 0.3) is 33.0 Å². The third kappa shape index (κ3) is 5.36. The molecule has 7 heteroatoms. The molecular weight excluding hydrogens is 499 g/mol. The summed E-state index contributed by atoms with van der Waals surface area (Å²) in [5.74, 6) is -0.488. The number of carboxylic acids is 1. The van der Waals surface area contributed by atoms with Crippen molar-refractivity contribution in [3.63, 3.8) is 0 Å². The Bertz CT molecular complexity index is 1420. The summed E-state index contributed by atoms with van der Waals surface area (Å²) in [6.45, 7) is 3.79. The Hall–Kier alpha value is -3.35. The lowest BCUT2D eigenvalue weighted by Crippen LogP contribution is -2.26. The fourth-order valence-corrected chi connectivity index (χ4v) is 5.15. The van der Waals surface area contributed by atoms with Crippen molar-refractivity contribution in [2.24, 2.45) is 0 Å². The molecule has 1 aliphatic rings. The van der Waals surface area contributed by atoms with Crippen molar-refractivity contribution in [3.8, 4) is 22.3 Å². The molecule has 1 aliphatic heterocycles. The van der Waals surface area contributed by atoms with Gasteiger partial charge in [-0.1, -0.05) is 48.5 Å². The van der Waals surface area contributed by atoms with Gasteiger partial charge in [-0.3, -0.25) is 0 Å². The number of piperidine rings is 1. The van der Waals surface area contributed by atoms with Crippen molar-refractivity contribution in [2.75, 3.05) is 13.1 Å². The van der Waals surface area contributed by atoms with Crippen molar-refractivity contribution < 1.29 is 23.1 Å². The summed E-state index contributed by atoms with van der Waals surface area (Å²) in [4.78, 5) is 12.1. The highest BCUT2D eigenvalue weighted by atomic mass is 35.5. The summed E-state index contributed by atoms with van der Waals surface area (Å²) in [6, 6.07) is 20.8. The third-order valence-electron chi connectivity index (χ3n) is 7.21. The molecule has 192 valence electrons. The molecule has 0 spiro atoms. The first-order chi connectivity index (χ1) is 17.2. The molecule has 0 atom stereocenters. The van der Waals surface area contributed by atoms with E-state index in [1.807, 2.05) is 18.2 Å². The van der Waals surface area contributed by atoms with Crippen LogP contribution in [-0.2, 0) is 6.18 Å². The van der Waals surface area contributed by atoms with Crippen LogP contribution in [0.2, 0.25) is 0 Å². The maximum atomic E-state index is 13.0. The molecule has 4 aromatic rings. The quantitative estimate of drug-likeness (QED) is 0.283. The number of alkyl halides is 3. The number of aryl methyl sites for hydroxylation is 1. The first-order valence-electron chi connectivity index (χ1n) is 12.0. The average Bonchev–Trinajstić information content (AvgIpc) is 2.89. The van der Waals surface area contributed by atoms with E-state index in [4.69, 9.17) is 0 Å². The highest BCUT2D eigenvalue weighted by Gasteiger charge is 2.30. The molecule has 3 nitrogen and oxygen atoms in total. The molecular formula is C30H27ClF3NO2. The van der Waals surface area contributed by atoms with Crippen LogP contribution < -0.4 is 5.32 Å². The van der Waals surface area contributed by atoms with Crippen LogP contribution in [0, 0.1) is 6.92 Å². The van der Waals surface area contributed by atoms with Gasteiger partial charge in [-0.2, -0.15) is 13.2 Å². The fourth-order valence-electron chi connectivity index (χ4n) is 5.15. The van der Waals surface area contributed by atoms with Gasteiger partial charge in [0.25, 0.3) is 0 Å². The number of carbonyl (C=O) groups is 1. The molecule has 0 amide bonds. The smallest absolute Gasteiger partial charge is 0.416 e. The van der Waals surface area contributed by atoms with E-state index >= 15 is 0 Å². The van der Waals surface area contributed by atoms with Gasteiger partial charge >= 0.3 is 12.1 Å². The summed E-state index contributed by atoms with van der Waals surface area (Å²) in [5, 5.41) is 14.9. The molecule has 0 aromatic heterocycles. The molecule has 0 unspecified atom stereocenters. The normalized spacial score (nSPS) is 14.4. The summed E-state index contributed by atoms with van der Waals surface area (Å²) < 4.78 is 38.9. The molecule has 4 aromatic carbocycles. The number of hydrogen-bond donors (Lipinski definition) is 2. The van der Waals surface area contributed by atoms with Crippen molar-refractivity contribution in [2.45, 2.75) is 31.9 Å². The standard InChI is InChI=1S/C30H26F3NO2.ClH/c1-18-26-16-23(20-6-9-24(10-7-20)30(31,32)33)8-11-25(26)28(17-27(18)29(35)36)22-4-2-19(3-5-22)21-12-14-34-15-13-21;/h2-11,16-17,21,34H,12-15H2,1H3,(H,35,36);1H.